The first-order chi connectivity index (χ1) is 14.9. The minimum absolute atomic E-state index is 0.190. The number of halogens is 1. The van der Waals surface area contributed by atoms with E-state index in [1.807, 2.05) is 62.4 Å². The molecule has 2 amide bonds. The second kappa shape index (κ2) is 9.16. The molecule has 0 unspecified atom stereocenters. The molecule has 0 N–H and O–H groups in total. The van der Waals surface area contributed by atoms with E-state index in [-0.39, 0.29) is 24.3 Å². The Bertz CT molecular complexity index is 1170. The van der Waals surface area contributed by atoms with Gasteiger partial charge in [0, 0.05) is 16.1 Å². The monoisotopic (exact) mass is 497 g/mol. The van der Waals surface area contributed by atoms with Crippen LogP contribution in [-0.4, -0.2) is 29.2 Å². The van der Waals surface area contributed by atoms with Crippen molar-refractivity contribution >= 4 is 44.9 Å². The number of furan rings is 1. The molecule has 0 bridgehead atoms. The Hall–Kier alpha value is -2.77. The summed E-state index contributed by atoms with van der Waals surface area (Å²) in [5.41, 5.74) is 3.20. The minimum atomic E-state index is -0.336. The number of ether oxygens (including phenoxy) is 1. The zero-order chi connectivity index (χ0) is 22.0. The smallest absolute Gasteiger partial charge is 0.293 e. The number of hydrogen-bond acceptors (Lipinski definition) is 5. The molecule has 0 aliphatic carbocycles. The van der Waals surface area contributed by atoms with Crippen LogP contribution in [0.4, 0.5) is 4.79 Å². The zero-order valence-corrected chi connectivity index (χ0v) is 19.5. The van der Waals surface area contributed by atoms with Gasteiger partial charge in [0.05, 0.1) is 11.4 Å². The molecule has 158 valence electrons. The van der Waals surface area contributed by atoms with E-state index in [0.29, 0.717) is 22.2 Å². The molecule has 3 aromatic rings. The fourth-order valence-corrected chi connectivity index (χ4v) is 4.64. The van der Waals surface area contributed by atoms with E-state index >= 15 is 0 Å². The number of carbonyl (C=O) groups is 2. The van der Waals surface area contributed by atoms with Crippen LogP contribution in [0.15, 0.2) is 68.4 Å². The summed E-state index contributed by atoms with van der Waals surface area (Å²) in [5, 5.41) is -0.309. The maximum absolute atomic E-state index is 12.7. The van der Waals surface area contributed by atoms with Gasteiger partial charge in [-0.1, -0.05) is 39.7 Å². The number of amides is 2. The first-order valence-electron chi connectivity index (χ1n) is 9.72. The van der Waals surface area contributed by atoms with Gasteiger partial charge in [-0.15, -0.1) is 0 Å². The third-order valence-corrected chi connectivity index (χ3v) is 6.33. The fraction of sp³-hybridized carbons (Fsp3) is 0.167. The number of benzene rings is 2. The number of imide groups is 1. The maximum Gasteiger partial charge on any atom is 0.293 e. The SMILES string of the molecule is Cc1ccc(OCCN2C(=O)S/C(=C\c3ccc(-c4ccc(C)cc4Br)o3)C2=O)cc1. The Morgan fingerprint density at radius 1 is 1.03 bits per heavy atom. The summed E-state index contributed by atoms with van der Waals surface area (Å²) in [6.07, 6.45) is 1.61. The Kier molecular flexibility index (Phi) is 6.34. The van der Waals surface area contributed by atoms with Crippen LogP contribution in [-0.2, 0) is 4.79 Å². The average molecular weight is 498 g/mol. The molecular weight excluding hydrogens is 478 g/mol. The molecule has 0 spiro atoms. The summed E-state index contributed by atoms with van der Waals surface area (Å²) in [7, 11) is 0. The normalized spacial score (nSPS) is 15.2. The quantitative estimate of drug-likeness (QED) is 0.366. The Morgan fingerprint density at radius 2 is 1.77 bits per heavy atom. The van der Waals surface area contributed by atoms with Crippen molar-refractivity contribution < 1.29 is 18.7 Å². The molecule has 4 rings (SSSR count). The Labute approximate surface area is 193 Å². The highest BCUT2D eigenvalue weighted by Crippen LogP contribution is 2.34. The number of aryl methyl sites for hydroxylation is 2. The van der Waals surface area contributed by atoms with Crippen LogP contribution in [0, 0.1) is 13.8 Å². The molecule has 2 heterocycles. The number of nitrogens with zero attached hydrogens (tertiary/aromatic N) is 1. The van der Waals surface area contributed by atoms with Crippen LogP contribution in [0.25, 0.3) is 17.4 Å². The standard InChI is InChI=1S/C24H20BrNO4S/c1-15-3-6-17(7-4-15)29-12-11-26-23(27)22(31-24(26)28)14-18-8-10-21(30-18)19-9-5-16(2)13-20(19)25/h3-10,13-14H,11-12H2,1-2H3/b22-14-. The summed E-state index contributed by atoms with van der Waals surface area (Å²) in [5.74, 6) is 1.57. The molecule has 1 aliphatic heterocycles. The summed E-state index contributed by atoms with van der Waals surface area (Å²) in [6.45, 7) is 4.44. The lowest BCUT2D eigenvalue weighted by atomic mass is 10.1. The van der Waals surface area contributed by atoms with Crippen LogP contribution < -0.4 is 4.74 Å². The molecule has 1 aliphatic rings. The van der Waals surface area contributed by atoms with E-state index < -0.39 is 0 Å². The van der Waals surface area contributed by atoms with Crippen molar-refractivity contribution in [3.05, 3.63) is 80.9 Å². The van der Waals surface area contributed by atoms with Crippen LogP contribution in [0.3, 0.4) is 0 Å². The molecule has 0 saturated carbocycles. The highest BCUT2D eigenvalue weighted by atomic mass is 79.9. The molecule has 1 aromatic heterocycles. The molecule has 0 radical (unpaired) electrons. The first-order valence-corrected chi connectivity index (χ1v) is 11.3. The molecule has 2 aromatic carbocycles. The third-order valence-electron chi connectivity index (χ3n) is 4.77. The van der Waals surface area contributed by atoms with Crippen molar-refractivity contribution in [1.82, 2.24) is 4.90 Å². The molecule has 5 nitrogen and oxygen atoms in total. The van der Waals surface area contributed by atoms with E-state index in [1.165, 1.54) is 4.90 Å². The van der Waals surface area contributed by atoms with Crippen molar-refractivity contribution in [2.45, 2.75) is 13.8 Å². The second-order valence-electron chi connectivity index (χ2n) is 7.18. The van der Waals surface area contributed by atoms with Crippen LogP contribution >= 0.6 is 27.7 Å². The van der Waals surface area contributed by atoms with Gasteiger partial charge in [-0.05, 0) is 67.6 Å². The highest BCUT2D eigenvalue weighted by Gasteiger charge is 2.35. The van der Waals surface area contributed by atoms with Crippen molar-refractivity contribution in [2.24, 2.45) is 0 Å². The molecule has 0 atom stereocenters. The number of thioether (sulfide) groups is 1. The minimum Gasteiger partial charge on any atom is -0.492 e. The number of hydrogen-bond donors (Lipinski definition) is 0. The molecule has 31 heavy (non-hydrogen) atoms. The lowest BCUT2D eigenvalue weighted by Gasteiger charge is -2.13. The van der Waals surface area contributed by atoms with Crippen molar-refractivity contribution in [1.29, 1.82) is 0 Å². The van der Waals surface area contributed by atoms with Gasteiger partial charge in [0.2, 0.25) is 0 Å². The van der Waals surface area contributed by atoms with Gasteiger partial charge in [-0.25, -0.2) is 0 Å². The van der Waals surface area contributed by atoms with E-state index in [4.69, 9.17) is 9.15 Å². The Balaban J connectivity index is 1.42. The molecule has 1 fully saturated rings. The first kappa shape index (κ1) is 21.5. The van der Waals surface area contributed by atoms with E-state index in [2.05, 4.69) is 15.9 Å². The van der Waals surface area contributed by atoms with Crippen molar-refractivity contribution in [3.8, 4) is 17.1 Å². The lowest BCUT2D eigenvalue weighted by molar-refractivity contribution is -0.123. The summed E-state index contributed by atoms with van der Waals surface area (Å²) < 4.78 is 12.5. The molecule has 7 heteroatoms. The summed E-state index contributed by atoms with van der Waals surface area (Å²) in [4.78, 5) is 26.5. The summed E-state index contributed by atoms with van der Waals surface area (Å²) in [6, 6.07) is 17.3. The topological polar surface area (TPSA) is 59.8 Å². The van der Waals surface area contributed by atoms with Crippen LogP contribution in [0.2, 0.25) is 0 Å². The fourth-order valence-electron chi connectivity index (χ4n) is 3.11. The van der Waals surface area contributed by atoms with Crippen molar-refractivity contribution in [3.63, 3.8) is 0 Å². The highest BCUT2D eigenvalue weighted by molar-refractivity contribution is 9.10. The van der Waals surface area contributed by atoms with Gasteiger partial charge in [-0.2, -0.15) is 0 Å². The van der Waals surface area contributed by atoms with E-state index in [0.717, 1.165) is 32.9 Å². The average Bonchev–Trinajstić information content (AvgIpc) is 3.29. The summed E-state index contributed by atoms with van der Waals surface area (Å²) >= 11 is 4.46. The van der Waals surface area contributed by atoms with Gasteiger partial charge >= 0.3 is 0 Å². The van der Waals surface area contributed by atoms with Gasteiger partial charge < -0.3 is 9.15 Å². The molecule has 1 saturated heterocycles. The van der Waals surface area contributed by atoms with Crippen LogP contribution in [0.5, 0.6) is 5.75 Å². The predicted molar refractivity (Wildman–Crippen MR) is 126 cm³/mol. The van der Waals surface area contributed by atoms with Gasteiger partial charge in [0.1, 0.15) is 23.9 Å². The van der Waals surface area contributed by atoms with E-state index in [9.17, 15) is 9.59 Å². The largest absolute Gasteiger partial charge is 0.492 e. The predicted octanol–water partition coefficient (Wildman–Crippen LogP) is 6.44. The van der Waals surface area contributed by atoms with Crippen LogP contribution in [0.1, 0.15) is 16.9 Å². The molecular formula is C24H20BrNO4S. The van der Waals surface area contributed by atoms with Gasteiger partial charge in [0.25, 0.3) is 11.1 Å². The lowest BCUT2D eigenvalue weighted by Crippen LogP contribution is -2.32. The van der Waals surface area contributed by atoms with Gasteiger partial charge in [0.15, 0.2) is 0 Å². The number of rotatable bonds is 6. The van der Waals surface area contributed by atoms with Gasteiger partial charge in [-0.3, -0.25) is 14.5 Å². The Morgan fingerprint density at radius 3 is 2.52 bits per heavy atom. The second-order valence-corrected chi connectivity index (χ2v) is 9.03. The van der Waals surface area contributed by atoms with E-state index in [1.54, 1.807) is 12.1 Å². The number of carbonyl (C=O) groups excluding carboxylic acids is 2. The maximum atomic E-state index is 12.7. The third kappa shape index (κ3) is 4.94. The zero-order valence-electron chi connectivity index (χ0n) is 17.1. The van der Waals surface area contributed by atoms with Crippen molar-refractivity contribution in [2.75, 3.05) is 13.2 Å².